The number of thioether (sulfide) groups is 1. The summed E-state index contributed by atoms with van der Waals surface area (Å²) < 4.78 is 5.35. The van der Waals surface area contributed by atoms with Crippen LogP contribution < -0.4 is 15.0 Å². The van der Waals surface area contributed by atoms with E-state index in [0.717, 1.165) is 26.8 Å². The number of rotatable bonds is 3. The first-order chi connectivity index (χ1) is 15.0. The number of fused-ring (bicyclic) bond motifs is 2. The van der Waals surface area contributed by atoms with Gasteiger partial charge in [-0.1, -0.05) is 35.9 Å². The summed E-state index contributed by atoms with van der Waals surface area (Å²) >= 11 is 7.67. The van der Waals surface area contributed by atoms with Crippen LogP contribution in [0.5, 0.6) is 5.75 Å². The molecule has 6 nitrogen and oxygen atoms in total. The Bertz CT molecular complexity index is 1270. The summed E-state index contributed by atoms with van der Waals surface area (Å²) in [5.74, 6) is 0.305. The summed E-state index contributed by atoms with van der Waals surface area (Å²) in [7, 11) is 1.57. The monoisotopic (exact) mass is 451 g/mol. The first kappa shape index (κ1) is 19.9. The third kappa shape index (κ3) is 3.25. The third-order valence-corrected chi connectivity index (χ3v) is 7.17. The van der Waals surface area contributed by atoms with Gasteiger partial charge in [0, 0.05) is 21.9 Å². The molecule has 1 aromatic heterocycles. The van der Waals surface area contributed by atoms with Crippen LogP contribution in [0.15, 0.2) is 54.9 Å². The Balaban J connectivity index is 1.50. The smallest absolute Gasteiger partial charge is 0.329 e. The number of anilines is 1. The fraction of sp³-hybridized carbons (Fsp3) is 0.174. The van der Waals surface area contributed by atoms with Gasteiger partial charge in [-0.25, -0.2) is 9.69 Å². The topological polar surface area (TPSA) is 71.5 Å². The number of halogens is 1. The second-order valence-electron chi connectivity index (χ2n) is 7.40. The molecule has 0 aliphatic carbocycles. The van der Waals surface area contributed by atoms with Crippen molar-refractivity contribution >= 4 is 56.7 Å². The molecule has 1 saturated heterocycles. The number of pyridine rings is 1. The van der Waals surface area contributed by atoms with E-state index in [1.165, 1.54) is 16.7 Å². The highest BCUT2D eigenvalue weighted by Gasteiger charge is 2.45. The van der Waals surface area contributed by atoms with Gasteiger partial charge in [0.2, 0.25) is 0 Å². The van der Waals surface area contributed by atoms with Crippen molar-refractivity contribution in [2.24, 2.45) is 0 Å². The number of nitrogens with one attached hydrogen (secondary N) is 1. The Morgan fingerprint density at radius 3 is 2.81 bits per heavy atom. The van der Waals surface area contributed by atoms with Crippen molar-refractivity contribution in [2.75, 3.05) is 12.0 Å². The van der Waals surface area contributed by atoms with E-state index in [4.69, 9.17) is 16.3 Å². The van der Waals surface area contributed by atoms with E-state index in [2.05, 4.69) is 10.3 Å². The van der Waals surface area contributed by atoms with Crippen LogP contribution in [-0.2, 0) is 4.79 Å². The second kappa shape index (κ2) is 7.59. The van der Waals surface area contributed by atoms with E-state index in [-0.39, 0.29) is 11.9 Å². The molecule has 2 aromatic carbocycles. The van der Waals surface area contributed by atoms with Crippen molar-refractivity contribution in [3.8, 4) is 5.75 Å². The van der Waals surface area contributed by atoms with E-state index in [1.807, 2.05) is 49.4 Å². The zero-order chi connectivity index (χ0) is 21.7. The van der Waals surface area contributed by atoms with Gasteiger partial charge in [0.15, 0.2) is 0 Å². The van der Waals surface area contributed by atoms with Crippen molar-refractivity contribution in [1.82, 2.24) is 10.3 Å². The fourth-order valence-corrected chi connectivity index (χ4v) is 5.63. The number of nitrogens with zero attached hydrogens (tertiary/aromatic N) is 2. The van der Waals surface area contributed by atoms with E-state index in [9.17, 15) is 9.59 Å². The number of methoxy groups -OCH3 is 1. The van der Waals surface area contributed by atoms with Crippen molar-refractivity contribution in [3.05, 3.63) is 71.0 Å². The molecule has 31 heavy (non-hydrogen) atoms. The zero-order valence-electron chi connectivity index (χ0n) is 16.8. The molecule has 3 aromatic rings. The predicted octanol–water partition coefficient (Wildman–Crippen LogP) is 4.79. The number of amides is 3. The molecule has 1 fully saturated rings. The molecule has 156 valence electrons. The Morgan fingerprint density at radius 2 is 2.00 bits per heavy atom. The largest absolute Gasteiger partial charge is 0.495 e. The van der Waals surface area contributed by atoms with Gasteiger partial charge in [0.25, 0.3) is 5.91 Å². The molecule has 2 aliphatic rings. The number of hydrogen-bond donors (Lipinski definition) is 1. The number of aromatic nitrogens is 1. The van der Waals surface area contributed by atoms with Gasteiger partial charge >= 0.3 is 6.03 Å². The summed E-state index contributed by atoms with van der Waals surface area (Å²) in [6.07, 6.45) is 5.20. The van der Waals surface area contributed by atoms with Crippen LogP contribution in [0.4, 0.5) is 10.5 Å². The average Bonchev–Trinajstić information content (AvgIpc) is 3.18. The third-order valence-electron chi connectivity index (χ3n) is 5.52. The van der Waals surface area contributed by atoms with Crippen LogP contribution in [0.1, 0.15) is 11.1 Å². The number of imide groups is 1. The lowest BCUT2D eigenvalue weighted by molar-refractivity contribution is -0.118. The Kier molecular flexibility index (Phi) is 4.87. The molecule has 2 unspecified atom stereocenters. The van der Waals surface area contributed by atoms with Crippen molar-refractivity contribution < 1.29 is 14.3 Å². The minimum atomic E-state index is -0.465. The highest BCUT2D eigenvalue weighted by atomic mass is 35.5. The first-order valence-corrected chi connectivity index (χ1v) is 10.9. The van der Waals surface area contributed by atoms with Gasteiger partial charge in [0.05, 0.1) is 30.1 Å². The molecule has 1 N–H and O–H groups in total. The van der Waals surface area contributed by atoms with E-state index in [1.54, 1.807) is 19.5 Å². The van der Waals surface area contributed by atoms with E-state index < -0.39 is 11.3 Å². The van der Waals surface area contributed by atoms with E-state index in [0.29, 0.717) is 16.5 Å². The predicted molar refractivity (Wildman–Crippen MR) is 124 cm³/mol. The molecule has 3 amide bonds. The summed E-state index contributed by atoms with van der Waals surface area (Å²) in [6.45, 7) is 1.96. The summed E-state index contributed by atoms with van der Waals surface area (Å²) in [5, 5.41) is 4.70. The molecule has 5 rings (SSSR count). The maximum Gasteiger partial charge on any atom is 0.329 e. The molecule has 0 spiro atoms. The number of ether oxygens (including phenoxy) is 1. The van der Waals surface area contributed by atoms with Gasteiger partial charge in [-0.2, -0.15) is 0 Å². The van der Waals surface area contributed by atoms with Crippen LogP contribution in [0, 0.1) is 6.92 Å². The Labute approximate surface area is 188 Å². The number of aryl methyl sites for hydroxylation is 1. The van der Waals surface area contributed by atoms with Gasteiger partial charge in [-0.15, -0.1) is 11.8 Å². The van der Waals surface area contributed by atoms with Gasteiger partial charge < -0.3 is 10.1 Å². The molecule has 8 heteroatoms. The lowest BCUT2D eigenvalue weighted by Gasteiger charge is -2.33. The van der Waals surface area contributed by atoms with Gasteiger partial charge in [-0.05, 0) is 36.3 Å². The summed E-state index contributed by atoms with van der Waals surface area (Å²) in [5.41, 5.74) is 2.38. The average molecular weight is 452 g/mol. The molecular weight excluding hydrogens is 434 g/mol. The van der Waals surface area contributed by atoms with E-state index >= 15 is 0 Å². The minimum absolute atomic E-state index is 0.262. The molecule has 2 atom stereocenters. The number of benzene rings is 2. The molecule has 2 aliphatic heterocycles. The first-order valence-electron chi connectivity index (χ1n) is 9.68. The highest BCUT2D eigenvalue weighted by molar-refractivity contribution is 8.09. The van der Waals surface area contributed by atoms with Crippen molar-refractivity contribution in [3.63, 3.8) is 0 Å². The minimum Gasteiger partial charge on any atom is -0.495 e. The van der Waals surface area contributed by atoms with Gasteiger partial charge in [-0.3, -0.25) is 9.78 Å². The lowest BCUT2D eigenvalue weighted by atomic mass is 10.0. The Morgan fingerprint density at radius 1 is 1.19 bits per heavy atom. The van der Waals surface area contributed by atoms with Crippen molar-refractivity contribution in [2.45, 2.75) is 18.2 Å². The number of carbonyl (C=O) groups excluding carboxylic acids is 2. The maximum absolute atomic E-state index is 13.4. The normalized spacial score (nSPS) is 20.5. The van der Waals surface area contributed by atoms with Gasteiger partial charge in [0.1, 0.15) is 11.0 Å². The summed E-state index contributed by atoms with van der Waals surface area (Å²) in [4.78, 5) is 32.7. The molecule has 0 bridgehead atoms. The van der Waals surface area contributed by atoms with Crippen LogP contribution in [-0.4, -0.2) is 35.3 Å². The molecular formula is C23H18ClN3O3S. The van der Waals surface area contributed by atoms with Crippen LogP contribution in [0.25, 0.3) is 15.7 Å². The number of carbonyl (C=O) groups is 2. The van der Waals surface area contributed by atoms with Crippen molar-refractivity contribution in [1.29, 1.82) is 0 Å². The molecule has 0 radical (unpaired) electrons. The standard InChI is InChI=1S/C23H18ClN3O3S/c1-12-7-16(24)19(30-2)8-15(12)20-9-17-21(31-20)22(28)27(23(29)26-17)18-11-25-10-13-5-3-4-6-14(13)18/h3-11,17,21H,1-2H3,(H,26,29). The molecule has 3 heterocycles. The second-order valence-corrected chi connectivity index (χ2v) is 8.99. The quantitative estimate of drug-likeness (QED) is 0.620. The SMILES string of the molecule is COc1cc(C2=CC3NC(=O)N(c4cncc5ccccc45)C(=O)C3S2)c(C)cc1Cl. The van der Waals surface area contributed by atoms with Crippen LogP contribution in [0.2, 0.25) is 5.02 Å². The van der Waals surface area contributed by atoms with Crippen LogP contribution in [0.3, 0.4) is 0 Å². The van der Waals surface area contributed by atoms with Crippen LogP contribution >= 0.6 is 23.4 Å². The zero-order valence-corrected chi connectivity index (χ0v) is 18.3. The maximum atomic E-state index is 13.4. The molecule has 0 saturated carbocycles. The lowest BCUT2D eigenvalue weighted by Crippen LogP contribution is -2.60. The number of urea groups is 1. The fourth-order valence-electron chi connectivity index (χ4n) is 3.99. The summed E-state index contributed by atoms with van der Waals surface area (Å²) in [6, 6.07) is 10.4. The number of hydrogen-bond acceptors (Lipinski definition) is 5. The Hall–Kier alpha value is -3.03. The highest BCUT2D eigenvalue weighted by Crippen LogP contribution is 2.45.